The number of nitrogen functional groups attached to an aromatic ring is 1. The summed E-state index contributed by atoms with van der Waals surface area (Å²) in [5, 5.41) is 0. The predicted molar refractivity (Wildman–Crippen MR) is 87.9 cm³/mol. The molecule has 0 unspecified atom stereocenters. The van der Waals surface area contributed by atoms with E-state index in [9.17, 15) is 0 Å². The molecule has 2 N–H and O–H groups in total. The molecule has 5 nitrogen and oxygen atoms in total. The van der Waals surface area contributed by atoms with E-state index in [4.69, 9.17) is 10.5 Å². The summed E-state index contributed by atoms with van der Waals surface area (Å²) in [5.74, 6) is 1.96. The second-order valence-electron chi connectivity index (χ2n) is 6.92. The van der Waals surface area contributed by atoms with Crippen LogP contribution >= 0.6 is 0 Å². The Kier molecular flexibility index (Phi) is 4.61. The Morgan fingerprint density at radius 2 is 2.05 bits per heavy atom. The number of nitrogens with two attached hydrogens (primary N) is 1. The number of hydrogen-bond donors (Lipinski definition) is 1. The van der Waals surface area contributed by atoms with Gasteiger partial charge in [-0.15, -0.1) is 0 Å². The SMILES string of the molecule is CC(C)COc1nc(N2CCN(C)C(C)(C)C2)ccc1N. The van der Waals surface area contributed by atoms with Crippen LogP contribution in [0.5, 0.6) is 5.88 Å². The highest BCUT2D eigenvalue weighted by Gasteiger charge is 2.31. The number of anilines is 2. The minimum Gasteiger partial charge on any atom is -0.476 e. The molecule has 0 aromatic carbocycles. The molecule has 1 saturated heterocycles. The second kappa shape index (κ2) is 6.10. The molecule has 2 rings (SSSR count). The van der Waals surface area contributed by atoms with Gasteiger partial charge in [-0.25, -0.2) is 0 Å². The van der Waals surface area contributed by atoms with Gasteiger partial charge in [0.1, 0.15) is 5.82 Å². The maximum Gasteiger partial charge on any atom is 0.239 e. The van der Waals surface area contributed by atoms with Crippen molar-refractivity contribution in [2.75, 3.05) is 43.9 Å². The molecule has 0 saturated carbocycles. The first kappa shape index (κ1) is 15.9. The summed E-state index contributed by atoms with van der Waals surface area (Å²) in [6.45, 7) is 12.3. The number of nitrogens with zero attached hydrogens (tertiary/aromatic N) is 3. The van der Waals surface area contributed by atoms with E-state index < -0.39 is 0 Å². The Balaban J connectivity index is 2.15. The Hall–Kier alpha value is -1.49. The van der Waals surface area contributed by atoms with Gasteiger partial charge >= 0.3 is 0 Å². The van der Waals surface area contributed by atoms with Crippen LogP contribution in [0.2, 0.25) is 0 Å². The standard InChI is InChI=1S/C16H28N4O/c1-12(2)10-21-15-13(17)6-7-14(18-15)20-9-8-19(5)16(3,4)11-20/h6-7,12H,8-11,17H2,1-5H3. The summed E-state index contributed by atoms with van der Waals surface area (Å²) in [5.41, 5.74) is 6.71. The highest BCUT2D eigenvalue weighted by molar-refractivity contribution is 5.55. The zero-order valence-corrected chi connectivity index (χ0v) is 13.9. The van der Waals surface area contributed by atoms with Gasteiger partial charge in [-0.1, -0.05) is 13.8 Å². The highest BCUT2D eigenvalue weighted by Crippen LogP contribution is 2.27. The number of aromatic nitrogens is 1. The van der Waals surface area contributed by atoms with E-state index in [1.165, 1.54) is 0 Å². The van der Waals surface area contributed by atoms with Crippen molar-refractivity contribution >= 4 is 11.5 Å². The first-order valence-corrected chi connectivity index (χ1v) is 7.65. The van der Waals surface area contributed by atoms with E-state index in [2.05, 4.69) is 49.5 Å². The van der Waals surface area contributed by atoms with Gasteiger partial charge in [-0.2, -0.15) is 4.98 Å². The molecular weight excluding hydrogens is 264 g/mol. The minimum absolute atomic E-state index is 0.139. The molecule has 0 atom stereocenters. The van der Waals surface area contributed by atoms with Crippen molar-refractivity contribution in [3.63, 3.8) is 0 Å². The predicted octanol–water partition coefficient (Wildman–Crippen LogP) is 2.23. The van der Waals surface area contributed by atoms with Gasteiger partial charge < -0.3 is 15.4 Å². The number of pyridine rings is 1. The number of hydrogen-bond acceptors (Lipinski definition) is 5. The summed E-state index contributed by atoms with van der Waals surface area (Å²) in [6.07, 6.45) is 0. The average molecular weight is 292 g/mol. The molecule has 2 heterocycles. The van der Waals surface area contributed by atoms with Crippen molar-refractivity contribution < 1.29 is 4.74 Å². The molecule has 5 heteroatoms. The molecule has 1 aliphatic heterocycles. The molecule has 1 aromatic rings. The molecular formula is C16H28N4O. The third-order valence-electron chi connectivity index (χ3n) is 4.07. The molecule has 118 valence electrons. The smallest absolute Gasteiger partial charge is 0.239 e. The van der Waals surface area contributed by atoms with E-state index in [1.54, 1.807) is 0 Å². The van der Waals surface area contributed by atoms with Crippen LogP contribution in [0.4, 0.5) is 11.5 Å². The van der Waals surface area contributed by atoms with Gasteiger partial charge in [0, 0.05) is 25.2 Å². The van der Waals surface area contributed by atoms with Gasteiger partial charge in [0.2, 0.25) is 5.88 Å². The summed E-state index contributed by atoms with van der Waals surface area (Å²) in [4.78, 5) is 9.31. The van der Waals surface area contributed by atoms with E-state index >= 15 is 0 Å². The summed E-state index contributed by atoms with van der Waals surface area (Å²) < 4.78 is 5.73. The van der Waals surface area contributed by atoms with E-state index in [0.717, 1.165) is 25.5 Å². The van der Waals surface area contributed by atoms with Crippen LogP contribution in [0, 0.1) is 5.92 Å². The highest BCUT2D eigenvalue weighted by atomic mass is 16.5. The summed E-state index contributed by atoms with van der Waals surface area (Å²) in [6, 6.07) is 3.88. The Morgan fingerprint density at radius 3 is 2.67 bits per heavy atom. The Morgan fingerprint density at radius 1 is 1.33 bits per heavy atom. The normalized spacial score (nSPS) is 19.0. The third-order valence-corrected chi connectivity index (χ3v) is 4.07. The van der Waals surface area contributed by atoms with Gasteiger partial charge in [0.15, 0.2) is 0 Å². The van der Waals surface area contributed by atoms with Crippen LogP contribution in [-0.2, 0) is 0 Å². The molecule has 1 aliphatic rings. The molecule has 1 aromatic heterocycles. The maximum absolute atomic E-state index is 5.97. The molecule has 0 radical (unpaired) electrons. The average Bonchev–Trinajstić information content (AvgIpc) is 2.41. The molecule has 1 fully saturated rings. The van der Waals surface area contributed by atoms with Gasteiger partial charge in [0.25, 0.3) is 0 Å². The molecule has 0 spiro atoms. The topological polar surface area (TPSA) is 54.6 Å². The number of likely N-dealkylation sites (N-methyl/N-ethyl adjacent to an activating group) is 1. The van der Waals surface area contributed by atoms with Crippen molar-refractivity contribution in [3.05, 3.63) is 12.1 Å². The van der Waals surface area contributed by atoms with Crippen molar-refractivity contribution in [1.29, 1.82) is 0 Å². The second-order valence-corrected chi connectivity index (χ2v) is 6.92. The van der Waals surface area contributed by atoms with Crippen molar-refractivity contribution in [2.45, 2.75) is 33.2 Å². The van der Waals surface area contributed by atoms with Gasteiger partial charge in [-0.3, -0.25) is 4.90 Å². The summed E-state index contributed by atoms with van der Waals surface area (Å²) >= 11 is 0. The number of rotatable bonds is 4. The van der Waals surface area contributed by atoms with Gasteiger partial charge in [0.05, 0.1) is 12.3 Å². The van der Waals surface area contributed by atoms with Crippen molar-refractivity contribution in [1.82, 2.24) is 9.88 Å². The molecule has 0 bridgehead atoms. The molecule has 0 aliphatic carbocycles. The molecule has 21 heavy (non-hydrogen) atoms. The van der Waals surface area contributed by atoms with E-state index in [1.807, 2.05) is 12.1 Å². The van der Waals surface area contributed by atoms with Crippen LogP contribution < -0.4 is 15.4 Å². The van der Waals surface area contributed by atoms with Crippen LogP contribution in [0.3, 0.4) is 0 Å². The quantitative estimate of drug-likeness (QED) is 0.922. The van der Waals surface area contributed by atoms with Crippen molar-refractivity contribution in [3.8, 4) is 5.88 Å². The Labute approximate surface area is 128 Å². The van der Waals surface area contributed by atoms with E-state index in [-0.39, 0.29) is 5.54 Å². The number of piperazine rings is 1. The van der Waals surface area contributed by atoms with Crippen LogP contribution in [-0.4, -0.2) is 48.7 Å². The fourth-order valence-corrected chi connectivity index (χ4v) is 2.41. The summed E-state index contributed by atoms with van der Waals surface area (Å²) in [7, 11) is 2.17. The fraction of sp³-hybridized carbons (Fsp3) is 0.688. The van der Waals surface area contributed by atoms with Crippen molar-refractivity contribution in [2.24, 2.45) is 5.92 Å². The van der Waals surface area contributed by atoms with Crippen LogP contribution in [0.15, 0.2) is 12.1 Å². The zero-order chi connectivity index (χ0) is 15.6. The largest absolute Gasteiger partial charge is 0.476 e. The molecule has 0 amide bonds. The lowest BCUT2D eigenvalue weighted by Crippen LogP contribution is -2.57. The lowest BCUT2D eigenvalue weighted by atomic mass is 10.00. The maximum atomic E-state index is 5.97. The first-order chi connectivity index (χ1) is 9.79. The third kappa shape index (κ3) is 3.79. The first-order valence-electron chi connectivity index (χ1n) is 7.65. The van der Waals surface area contributed by atoms with Gasteiger partial charge in [-0.05, 0) is 38.9 Å². The van der Waals surface area contributed by atoms with Crippen LogP contribution in [0.1, 0.15) is 27.7 Å². The fourth-order valence-electron chi connectivity index (χ4n) is 2.41. The number of ether oxygens (including phenoxy) is 1. The lowest BCUT2D eigenvalue weighted by Gasteiger charge is -2.45. The minimum atomic E-state index is 0.139. The lowest BCUT2D eigenvalue weighted by molar-refractivity contribution is 0.138. The zero-order valence-electron chi connectivity index (χ0n) is 13.9. The van der Waals surface area contributed by atoms with E-state index in [0.29, 0.717) is 24.1 Å². The van der Waals surface area contributed by atoms with Crippen LogP contribution in [0.25, 0.3) is 0 Å². The monoisotopic (exact) mass is 292 g/mol. The Bertz CT molecular complexity index is 487.